The number of rotatable bonds is 6. The Bertz CT molecular complexity index is 1220. The van der Waals surface area contributed by atoms with Crippen LogP contribution in [0.5, 0.6) is 11.8 Å². The summed E-state index contributed by atoms with van der Waals surface area (Å²) in [5.74, 6) is 0.436. The van der Waals surface area contributed by atoms with Gasteiger partial charge in [0.1, 0.15) is 11.6 Å². The maximum atomic E-state index is 13.7. The molecule has 31 heavy (non-hydrogen) atoms. The normalized spacial score (nSPS) is 10.5. The van der Waals surface area contributed by atoms with E-state index in [1.54, 1.807) is 67.8 Å². The molecule has 0 fully saturated rings. The second kappa shape index (κ2) is 8.66. The maximum Gasteiger partial charge on any atom is 0.336 e. The first-order valence-corrected chi connectivity index (χ1v) is 9.40. The van der Waals surface area contributed by atoms with E-state index in [0.29, 0.717) is 34.1 Å². The molecule has 7 nitrogen and oxygen atoms in total. The highest BCUT2D eigenvalue weighted by Gasteiger charge is 2.15. The van der Waals surface area contributed by atoms with E-state index in [2.05, 4.69) is 15.4 Å². The van der Waals surface area contributed by atoms with Gasteiger partial charge in [-0.2, -0.15) is 4.98 Å². The zero-order chi connectivity index (χ0) is 21.8. The summed E-state index contributed by atoms with van der Waals surface area (Å²) in [6, 6.07) is 20.1. The van der Waals surface area contributed by atoms with Crippen molar-refractivity contribution in [1.29, 1.82) is 0 Å². The van der Waals surface area contributed by atoms with E-state index in [-0.39, 0.29) is 17.7 Å². The largest absolute Gasteiger partial charge is 0.497 e. The first kappa shape index (κ1) is 20.1. The van der Waals surface area contributed by atoms with Gasteiger partial charge in [-0.1, -0.05) is 18.2 Å². The van der Waals surface area contributed by atoms with Gasteiger partial charge in [0.25, 0.3) is 5.91 Å². The summed E-state index contributed by atoms with van der Waals surface area (Å²) in [5.41, 5.74) is 2.23. The third-order valence-electron chi connectivity index (χ3n) is 4.55. The molecular formula is C23H19FN4O3. The molecule has 0 saturated carbocycles. The van der Waals surface area contributed by atoms with E-state index in [1.165, 1.54) is 23.9 Å². The number of ether oxygens (including phenoxy) is 2. The highest BCUT2D eigenvalue weighted by atomic mass is 19.1. The Labute approximate surface area is 178 Å². The van der Waals surface area contributed by atoms with E-state index in [1.807, 2.05) is 0 Å². The number of nitrogens with one attached hydrogen (secondary N) is 1. The maximum absolute atomic E-state index is 13.7. The number of nitrogens with zero attached hydrogens (tertiary/aromatic N) is 3. The third-order valence-corrected chi connectivity index (χ3v) is 4.55. The van der Waals surface area contributed by atoms with Gasteiger partial charge in [-0.15, -0.1) is 5.10 Å². The number of hydrogen-bond donors (Lipinski definition) is 1. The number of methoxy groups -OCH3 is 2. The molecule has 0 aliphatic heterocycles. The Morgan fingerprint density at radius 1 is 0.968 bits per heavy atom. The number of halogens is 1. The molecule has 4 aromatic rings. The SMILES string of the molecule is COc1ccc(C(=O)Nc2cccc(-n3nc(OC)nc3-c3cccc(F)c3)c2)cc1. The summed E-state index contributed by atoms with van der Waals surface area (Å²) in [6.45, 7) is 0. The van der Waals surface area contributed by atoms with Crippen LogP contribution in [0.4, 0.5) is 10.1 Å². The topological polar surface area (TPSA) is 78.3 Å². The van der Waals surface area contributed by atoms with Crippen LogP contribution in [0.15, 0.2) is 72.8 Å². The molecule has 0 radical (unpaired) electrons. The van der Waals surface area contributed by atoms with Crippen LogP contribution < -0.4 is 14.8 Å². The zero-order valence-electron chi connectivity index (χ0n) is 16.9. The van der Waals surface area contributed by atoms with Crippen molar-refractivity contribution in [2.75, 3.05) is 19.5 Å². The Morgan fingerprint density at radius 2 is 1.74 bits per heavy atom. The molecule has 0 spiro atoms. The highest BCUT2D eigenvalue weighted by molar-refractivity contribution is 6.04. The molecule has 0 unspecified atom stereocenters. The van der Waals surface area contributed by atoms with E-state index < -0.39 is 0 Å². The number of benzene rings is 3. The Balaban J connectivity index is 1.65. The molecule has 1 amide bonds. The van der Waals surface area contributed by atoms with Crippen molar-refractivity contribution >= 4 is 11.6 Å². The number of carbonyl (C=O) groups excluding carboxylic acids is 1. The van der Waals surface area contributed by atoms with Gasteiger partial charge in [0, 0.05) is 16.8 Å². The van der Waals surface area contributed by atoms with Crippen molar-refractivity contribution in [2.45, 2.75) is 0 Å². The molecule has 3 aromatic carbocycles. The summed E-state index contributed by atoms with van der Waals surface area (Å²) in [5, 5.41) is 7.20. The fourth-order valence-corrected chi connectivity index (χ4v) is 3.04. The van der Waals surface area contributed by atoms with Crippen LogP contribution in [0, 0.1) is 5.82 Å². The van der Waals surface area contributed by atoms with E-state index in [0.717, 1.165) is 0 Å². The van der Waals surface area contributed by atoms with Gasteiger partial charge in [-0.3, -0.25) is 4.79 Å². The molecule has 0 saturated heterocycles. The molecule has 1 N–H and O–H groups in total. The summed E-state index contributed by atoms with van der Waals surface area (Å²) >= 11 is 0. The van der Waals surface area contributed by atoms with Crippen LogP contribution in [0.3, 0.4) is 0 Å². The standard InChI is InChI=1S/C23H19FN4O3/c1-30-20-11-9-15(10-12-20)22(29)25-18-7-4-8-19(14-18)28-21(26-23(27-28)31-2)16-5-3-6-17(24)13-16/h3-14H,1-2H3,(H,25,29). The lowest BCUT2D eigenvalue weighted by Gasteiger charge is -2.10. The first-order valence-electron chi connectivity index (χ1n) is 9.40. The van der Waals surface area contributed by atoms with Crippen LogP contribution >= 0.6 is 0 Å². The van der Waals surface area contributed by atoms with Crippen molar-refractivity contribution in [2.24, 2.45) is 0 Å². The van der Waals surface area contributed by atoms with Crippen molar-refractivity contribution < 1.29 is 18.7 Å². The number of aromatic nitrogens is 3. The average Bonchev–Trinajstić information content (AvgIpc) is 3.24. The number of amides is 1. The quantitative estimate of drug-likeness (QED) is 0.504. The highest BCUT2D eigenvalue weighted by Crippen LogP contribution is 2.25. The molecule has 0 aliphatic carbocycles. The lowest BCUT2D eigenvalue weighted by molar-refractivity contribution is 0.102. The van der Waals surface area contributed by atoms with Crippen LogP contribution in [-0.2, 0) is 0 Å². The zero-order valence-corrected chi connectivity index (χ0v) is 16.9. The molecule has 0 bridgehead atoms. The second-order valence-electron chi connectivity index (χ2n) is 6.58. The Hall–Kier alpha value is -4.20. The first-order chi connectivity index (χ1) is 15.1. The van der Waals surface area contributed by atoms with Gasteiger partial charge in [0.05, 0.1) is 19.9 Å². The molecule has 156 valence electrons. The van der Waals surface area contributed by atoms with E-state index >= 15 is 0 Å². The molecular weight excluding hydrogens is 399 g/mol. The van der Waals surface area contributed by atoms with Gasteiger partial charge < -0.3 is 14.8 Å². The Morgan fingerprint density at radius 3 is 2.45 bits per heavy atom. The number of anilines is 1. The lowest BCUT2D eigenvalue weighted by Crippen LogP contribution is -2.12. The third kappa shape index (κ3) is 4.37. The van der Waals surface area contributed by atoms with Crippen LogP contribution in [0.1, 0.15) is 10.4 Å². The molecule has 1 heterocycles. The fourth-order valence-electron chi connectivity index (χ4n) is 3.04. The van der Waals surface area contributed by atoms with Crippen molar-refractivity contribution in [3.63, 3.8) is 0 Å². The summed E-state index contributed by atoms with van der Waals surface area (Å²) in [7, 11) is 3.03. The number of carbonyl (C=O) groups is 1. The van der Waals surface area contributed by atoms with Crippen LogP contribution in [0.2, 0.25) is 0 Å². The predicted molar refractivity (Wildman–Crippen MR) is 114 cm³/mol. The lowest BCUT2D eigenvalue weighted by atomic mass is 10.2. The fraction of sp³-hybridized carbons (Fsp3) is 0.0870. The molecule has 0 atom stereocenters. The average molecular weight is 418 g/mol. The monoisotopic (exact) mass is 418 g/mol. The Kier molecular flexibility index (Phi) is 5.61. The van der Waals surface area contributed by atoms with Crippen molar-refractivity contribution in [3.05, 3.63) is 84.2 Å². The van der Waals surface area contributed by atoms with Gasteiger partial charge >= 0.3 is 6.01 Å². The second-order valence-corrected chi connectivity index (χ2v) is 6.58. The summed E-state index contributed by atoms with van der Waals surface area (Å²) in [6.07, 6.45) is 0. The predicted octanol–water partition coefficient (Wildman–Crippen LogP) is 4.34. The van der Waals surface area contributed by atoms with Gasteiger partial charge in [-0.25, -0.2) is 9.07 Å². The molecule has 0 aliphatic rings. The minimum Gasteiger partial charge on any atom is -0.497 e. The smallest absolute Gasteiger partial charge is 0.336 e. The van der Waals surface area contributed by atoms with Crippen molar-refractivity contribution in [1.82, 2.24) is 14.8 Å². The van der Waals surface area contributed by atoms with Gasteiger partial charge in [0.2, 0.25) is 0 Å². The molecule has 1 aromatic heterocycles. The van der Waals surface area contributed by atoms with Gasteiger partial charge in [0.15, 0.2) is 5.82 Å². The molecule has 8 heteroatoms. The van der Waals surface area contributed by atoms with Crippen LogP contribution in [0.25, 0.3) is 17.1 Å². The van der Waals surface area contributed by atoms with Crippen molar-refractivity contribution in [3.8, 4) is 28.8 Å². The summed E-state index contributed by atoms with van der Waals surface area (Å²) in [4.78, 5) is 16.9. The van der Waals surface area contributed by atoms with E-state index in [9.17, 15) is 9.18 Å². The van der Waals surface area contributed by atoms with Crippen LogP contribution in [-0.4, -0.2) is 34.9 Å². The minimum atomic E-state index is -0.383. The number of hydrogen-bond acceptors (Lipinski definition) is 5. The van der Waals surface area contributed by atoms with E-state index in [4.69, 9.17) is 9.47 Å². The minimum absolute atomic E-state index is 0.145. The summed E-state index contributed by atoms with van der Waals surface area (Å²) < 4.78 is 25.6. The molecule has 4 rings (SSSR count). The van der Waals surface area contributed by atoms with Gasteiger partial charge in [-0.05, 0) is 54.6 Å².